The highest BCUT2D eigenvalue weighted by molar-refractivity contribution is 7.05. The van der Waals surface area contributed by atoms with Crippen LogP contribution in [-0.4, -0.2) is 19.4 Å². The summed E-state index contributed by atoms with van der Waals surface area (Å²) in [6.45, 7) is 2.89. The van der Waals surface area contributed by atoms with Gasteiger partial charge >= 0.3 is 0 Å². The molecule has 5 nitrogen and oxygen atoms in total. The van der Waals surface area contributed by atoms with Crippen molar-refractivity contribution < 1.29 is 0 Å². The van der Waals surface area contributed by atoms with Crippen LogP contribution >= 0.6 is 23.1 Å². The molecule has 16 heavy (non-hydrogen) atoms. The van der Waals surface area contributed by atoms with Crippen molar-refractivity contribution in [3.05, 3.63) is 28.0 Å². The van der Waals surface area contributed by atoms with Crippen molar-refractivity contribution in [3.8, 4) is 0 Å². The van der Waals surface area contributed by atoms with E-state index >= 15 is 0 Å². The summed E-state index contributed by atoms with van der Waals surface area (Å²) in [5.41, 5.74) is 6.95. The minimum Gasteiger partial charge on any atom is -0.318 e. The van der Waals surface area contributed by atoms with Crippen molar-refractivity contribution in [1.82, 2.24) is 19.4 Å². The summed E-state index contributed by atoms with van der Waals surface area (Å²) >= 11 is 7.37. The molecule has 0 aliphatic rings. The van der Waals surface area contributed by atoms with Gasteiger partial charge in [0.1, 0.15) is 0 Å². The molecule has 86 valence electrons. The molecule has 1 unspecified atom stereocenters. The molecule has 2 rings (SSSR count). The Kier molecular flexibility index (Phi) is 3.52. The highest BCUT2D eigenvalue weighted by Gasteiger charge is 2.19. The maximum atomic E-state index is 6.12. The van der Waals surface area contributed by atoms with Crippen LogP contribution in [0.5, 0.6) is 0 Å². The van der Waals surface area contributed by atoms with Gasteiger partial charge in [0, 0.05) is 6.54 Å². The summed E-state index contributed by atoms with van der Waals surface area (Å²) in [7, 11) is 0. The topological polar surface area (TPSA) is 69.6 Å². The van der Waals surface area contributed by atoms with Crippen LogP contribution in [0.1, 0.15) is 30.0 Å². The number of halogens is 1. The van der Waals surface area contributed by atoms with E-state index in [1.54, 1.807) is 12.4 Å². The highest BCUT2D eigenvalue weighted by atomic mass is 35.5. The smallest absolute Gasteiger partial charge is 0.0864 e. The zero-order valence-electron chi connectivity index (χ0n) is 8.80. The Morgan fingerprint density at radius 3 is 3.00 bits per heavy atom. The molecule has 0 bridgehead atoms. The Hall–Kier alpha value is -0.980. The zero-order chi connectivity index (χ0) is 11.5. The Balaban J connectivity index is 2.35. The SMILES string of the molecule is CCCn1ncc(Cl)c1C(N)c1cnns1. The van der Waals surface area contributed by atoms with Crippen molar-refractivity contribution in [2.75, 3.05) is 0 Å². The molecule has 0 aromatic carbocycles. The average molecular weight is 258 g/mol. The van der Waals surface area contributed by atoms with Gasteiger partial charge in [-0.15, -0.1) is 5.10 Å². The van der Waals surface area contributed by atoms with Crippen molar-refractivity contribution in [1.29, 1.82) is 0 Å². The monoisotopic (exact) mass is 257 g/mol. The lowest BCUT2D eigenvalue weighted by molar-refractivity contribution is 0.561. The fourth-order valence-electron chi connectivity index (χ4n) is 1.52. The first-order chi connectivity index (χ1) is 7.74. The second kappa shape index (κ2) is 4.90. The van der Waals surface area contributed by atoms with E-state index in [4.69, 9.17) is 17.3 Å². The quantitative estimate of drug-likeness (QED) is 0.908. The van der Waals surface area contributed by atoms with Gasteiger partial charge in [-0.05, 0) is 18.0 Å². The summed E-state index contributed by atoms with van der Waals surface area (Å²) in [6.07, 6.45) is 4.27. The molecule has 0 fully saturated rings. The normalized spacial score (nSPS) is 12.9. The molecule has 0 saturated heterocycles. The predicted octanol–water partition coefficient (Wildman–Crippen LogP) is 1.85. The van der Waals surface area contributed by atoms with Crippen LogP contribution in [0, 0.1) is 0 Å². The standard InChI is InChI=1S/C9H12ClN5S/c1-2-3-15-9(6(10)4-13-15)8(11)7-5-12-14-16-7/h4-5,8H,2-3,11H2,1H3. The molecule has 0 radical (unpaired) electrons. The van der Waals surface area contributed by atoms with Gasteiger partial charge in [-0.3, -0.25) is 4.68 Å². The van der Waals surface area contributed by atoms with Gasteiger partial charge in [-0.25, -0.2) is 0 Å². The molecule has 0 saturated carbocycles. The Labute approximate surface area is 102 Å². The van der Waals surface area contributed by atoms with Crippen molar-refractivity contribution >= 4 is 23.1 Å². The Morgan fingerprint density at radius 2 is 2.38 bits per heavy atom. The lowest BCUT2D eigenvalue weighted by Gasteiger charge is -2.12. The molecular weight excluding hydrogens is 246 g/mol. The van der Waals surface area contributed by atoms with E-state index in [9.17, 15) is 0 Å². The van der Waals surface area contributed by atoms with Gasteiger partial charge in [0.15, 0.2) is 0 Å². The molecule has 1 atom stereocenters. The lowest BCUT2D eigenvalue weighted by Crippen LogP contribution is -2.17. The first-order valence-corrected chi connectivity index (χ1v) is 6.13. The van der Waals surface area contributed by atoms with Gasteiger partial charge < -0.3 is 5.73 Å². The van der Waals surface area contributed by atoms with Crippen LogP contribution in [0.15, 0.2) is 12.4 Å². The van der Waals surface area contributed by atoms with E-state index in [1.807, 2.05) is 4.68 Å². The van der Waals surface area contributed by atoms with E-state index in [-0.39, 0.29) is 6.04 Å². The predicted molar refractivity (Wildman–Crippen MR) is 63.5 cm³/mol. The number of hydrogen-bond donors (Lipinski definition) is 1. The van der Waals surface area contributed by atoms with Gasteiger partial charge in [0.25, 0.3) is 0 Å². The largest absolute Gasteiger partial charge is 0.318 e. The third-order valence-electron chi connectivity index (χ3n) is 2.25. The summed E-state index contributed by atoms with van der Waals surface area (Å²) < 4.78 is 5.64. The maximum absolute atomic E-state index is 6.12. The molecular formula is C9H12ClN5S. The van der Waals surface area contributed by atoms with Crippen LogP contribution < -0.4 is 5.73 Å². The van der Waals surface area contributed by atoms with E-state index in [1.165, 1.54) is 11.5 Å². The molecule has 2 aromatic rings. The number of nitrogens with zero attached hydrogens (tertiary/aromatic N) is 4. The van der Waals surface area contributed by atoms with Crippen molar-refractivity contribution in [3.63, 3.8) is 0 Å². The fraction of sp³-hybridized carbons (Fsp3) is 0.444. The molecule has 2 aromatic heterocycles. The van der Waals surface area contributed by atoms with E-state index in [0.29, 0.717) is 5.02 Å². The van der Waals surface area contributed by atoms with Crippen LogP contribution in [-0.2, 0) is 6.54 Å². The van der Waals surface area contributed by atoms with Crippen molar-refractivity contribution in [2.24, 2.45) is 5.73 Å². The summed E-state index contributed by atoms with van der Waals surface area (Å²) in [4.78, 5) is 0.889. The van der Waals surface area contributed by atoms with Crippen LogP contribution in [0.4, 0.5) is 0 Å². The zero-order valence-corrected chi connectivity index (χ0v) is 10.4. The van der Waals surface area contributed by atoms with Gasteiger partial charge in [0.2, 0.25) is 0 Å². The van der Waals surface area contributed by atoms with Gasteiger partial charge in [0.05, 0.1) is 34.0 Å². The summed E-state index contributed by atoms with van der Waals surface area (Å²) in [6, 6.07) is -0.304. The molecule has 7 heteroatoms. The second-order valence-electron chi connectivity index (χ2n) is 3.40. The molecule has 0 amide bonds. The summed E-state index contributed by atoms with van der Waals surface area (Å²) in [5.74, 6) is 0. The lowest BCUT2D eigenvalue weighted by atomic mass is 10.2. The van der Waals surface area contributed by atoms with Crippen LogP contribution in [0.3, 0.4) is 0 Å². The van der Waals surface area contributed by atoms with E-state index < -0.39 is 0 Å². The van der Waals surface area contributed by atoms with Gasteiger partial charge in [-0.1, -0.05) is 23.0 Å². The van der Waals surface area contributed by atoms with Crippen molar-refractivity contribution in [2.45, 2.75) is 25.9 Å². The number of aryl methyl sites for hydroxylation is 1. The number of aromatic nitrogens is 4. The second-order valence-corrected chi connectivity index (χ2v) is 4.62. The molecule has 0 aliphatic carbocycles. The average Bonchev–Trinajstić information content (AvgIpc) is 2.88. The third kappa shape index (κ3) is 2.09. The van der Waals surface area contributed by atoms with E-state index in [0.717, 1.165) is 23.5 Å². The summed E-state index contributed by atoms with van der Waals surface area (Å²) in [5, 5.41) is 8.57. The first-order valence-electron chi connectivity index (χ1n) is 4.98. The number of nitrogens with two attached hydrogens (primary N) is 1. The van der Waals surface area contributed by atoms with Gasteiger partial charge in [-0.2, -0.15) is 5.10 Å². The first kappa shape index (κ1) is 11.5. The molecule has 2 heterocycles. The van der Waals surface area contributed by atoms with Crippen LogP contribution in [0.25, 0.3) is 0 Å². The molecule has 2 N–H and O–H groups in total. The molecule has 0 aliphatic heterocycles. The Morgan fingerprint density at radius 1 is 1.56 bits per heavy atom. The maximum Gasteiger partial charge on any atom is 0.0864 e. The van der Waals surface area contributed by atoms with Crippen LogP contribution in [0.2, 0.25) is 5.02 Å². The minimum absolute atomic E-state index is 0.304. The van der Waals surface area contributed by atoms with E-state index in [2.05, 4.69) is 21.6 Å². The third-order valence-corrected chi connectivity index (χ3v) is 3.29. The number of rotatable bonds is 4. The fourth-order valence-corrected chi connectivity index (χ4v) is 2.28. The highest BCUT2D eigenvalue weighted by Crippen LogP contribution is 2.27. The minimum atomic E-state index is -0.304. The number of hydrogen-bond acceptors (Lipinski definition) is 5. The Bertz CT molecular complexity index is 452. The molecule has 0 spiro atoms.